The van der Waals surface area contributed by atoms with Gasteiger partial charge in [0.25, 0.3) is 0 Å². The molecule has 5 aromatic rings. The number of para-hydroxylation sites is 3. The minimum absolute atomic E-state index is 0.0585. The molecule has 0 fully saturated rings. The van der Waals surface area contributed by atoms with E-state index in [9.17, 15) is 4.79 Å². The van der Waals surface area contributed by atoms with Crippen LogP contribution in [0.4, 0.5) is 4.79 Å². The van der Waals surface area contributed by atoms with Gasteiger partial charge < -0.3 is 34.0 Å². The van der Waals surface area contributed by atoms with E-state index in [1.807, 2.05) is 66.7 Å². The number of nitrogens with zero attached hydrogens (tertiary/aromatic N) is 1. The fourth-order valence-corrected chi connectivity index (χ4v) is 4.79. The first-order chi connectivity index (χ1) is 22.0. The number of hydrogen-bond acceptors (Lipinski definition) is 11. The summed E-state index contributed by atoms with van der Waals surface area (Å²) in [6.07, 6.45) is -1.55. The first-order valence-electron chi connectivity index (χ1n) is 14.3. The third kappa shape index (κ3) is 8.85. The second-order valence-corrected chi connectivity index (χ2v) is 9.99. The molecule has 45 heavy (non-hydrogen) atoms. The Hall–Kier alpha value is -4.85. The molecular formula is C33H35N3O9. The average molecular weight is 618 g/mol. The number of carbonyl (C=O) groups is 1. The lowest BCUT2D eigenvalue weighted by Gasteiger charge is -2.19. The van der Waals surface area contributed by atoms with Crippen molar-refractivity contribution in [3.63, 3.8) is 0 Å². The van der Waals surface area contributed by atoms with Crippen molar-refractivity contribution in [1.82, 2.24) is 15.7 Å². The van der Waals surface area contributed by atoms with Crippen molar-refractivity contribution < 1.29 is 43.7 Å². The van der Waals surface area contributed by atoms with Crippen LogP contribution in [0.25, 0.3) is 21.8 Å². The number of ether oxygens (including phenoxy) is 5. The SMILES string of the molecule is COc1ccccc1OCCNCC(COc1cccc2[nH]c3ccccc3c12)OC(=O)OCc1cccc(CON(O)O)c1. The molecule has 12 heteroatoms. The molecule has 0 aliphatic heterocycles. The maximum Gasteiger partial charge on any atom is 0.509 e. The smallest absolute Gasteiger partial charge is 0.493 e. The summed E-state index contributed by atoms with van der Waals surface area (Å²) in [6.45, 7) is 1.04. The van der Waals surface area contributed by atoms with E-state index in [0.29, 0.717) is 41.5 Å². The molecule has 0 aliphatic rings. The molecule has 1 atom stereocenters. The Morgan fingerprint density at radius 3 is 2.38 bits per heavy atom. The van der Waals surface area contributed by atoms with Crippen LogP contribution in [-0.4, -0.2) is 66.5 Å². The fraction of sp³-hybridized carbons (Fsp3) is 0.242. The third-order valence-corrected chi connectivity index (χ3v) is 6.85. The van der Waals surface area contributed by atoms with Crippen molar-refractivity contribution in [3.8, 4) is 17.2 Å². The highest BCUT2D eigenvalue weighted by molar-refractivity contribution is 6.10. The van der Waals surface area contributed by atoms with E-state index in [1.54, 1.807) is 31.4 Å². The lowest BCUT2D eigenvalue weighted by atomic mass is 10.1. The van der Waals surface area contributed by atoms with Crippen molar-refractivity contribution in [2.24, 2.45) is 0 Å². The van der Waals surface area contributed by atoms with Gasteiger partial charge in [-0.05, 0) is 41.5 Å². The lowest BCUT2D eigenvalue weighted by Crippen LogP contribution is -2.37. The summed E-state index contributed by atoms with van der Waals surface area (Å²) in [5, 5.41) is 22.4. The number of carbonyl (C=O) groups excluding carboxylic acids is 1. The lowest BCUT2D eigenvalue weighted by molar-refractivity contribution is -0.497. The number of H-pyrrole nitrogens is 1. The van der Waals surface area contributed by atoms with Crippen LogP contribution >= 0.6 is 0 Å². The third-order valence-electron chi connectivity index (χ3n) is 6.85. The van der Waals surface area contributed by atoms with Gasteiger partial charge in [-0.2, -0.15) is 0 Å². The van der Waals surface area contributed by atoms with Crippen molar-refractivity contribution in [2.45, 2.75) is 19.3 Å². The van der Waals surface area contributed by atoms with Gasteiger partial charge in [-0.3, -0.25) is 10.4 Å². The van der Waals surface area contributed by atoms with Crippen LogP contribution in [0.3, 0.4) is 0 Å². The maximum atomic E-state index is 12.8. The van der Waals surface area contributed by atoms with Gasteiger partial charge in [0.05, 0.1) is 24.6 Å². The highest BCUT2D eigenvalue weighted by atomic mass is 17.1. The summed E-state index contributed by atoms with van der Waals surface area (Å²) < 4.78 is 28.4. The van der Waals surface area contributed by atoms with Gasteiger partial charge in [0.15, 0.2) is 17.6 Å². The quantitative estimate of drug-likeness (QED) is 0.0623. The Labute approximate surface area is 259 Å². The minimum atomic E-state index is -0.862. The van der Waals surface area contributed by atoms with Crippen LogP contribution in [-0.2, 0) is 27.5 Å². The molecule has 1 unspecified atom stereocenters. The normalized spacial score (nSPS) is 11.9. The van der Waals surface area contributed by atoms with Gasteiger partial charge in [0.1, 0.15) is 25.6 Å². The van der Waals surface area contributed by atoms with E-state index in [4.69, 9.17) is 34.1 Å². The predicted octanol–water partition coefficient (Wildman–Crippen LogP) is 5.61. The van der Waals surface area contributed by atoms with Crippen LogP contribution in [0, 0.1) is 0 Å². The topological polar surface area (TPSA) is 144 Å². The summed E-state index contributed by atoms with van der Waals surface area (Å²) in [6, 6.07) is 28.1. The molecule has 0 spiro atoms. The standard InChI is InChI=1S/C33H35N3O9/c1-40-29-13-4-5-14-30(29)41-17-16-34-19-25(45-33(37)43-20-23-8-6-9-24(18-23)21-44-36(38)39)22-42-31-15-7-12-28-32(31)26-10-2-3-11-27(26)35-28/h2-15,18,25,34-35,38-39H,16-17,19-22H2,1H3. The van der Waals surface area contributed by atoms with Gasteiger partial charge in [0.2, 0.25) is 0 Å². The highest BCUT2D eigenvalue weighted by Gasteiger charge is 2.19. The number of aromatic amines is 1. The van der Waals surface area contributed by atoms with Gasteiger partial charge in [-0.25, -0.2) is 9.63 Å². The van der Waals surface area contributed by atoms with Crippen LogP contribution in [0.1, 0.15) is 11.1 Å². The van der Waals surface area contributed by atoms with Gasteiger partial charge >= 0.3 is 6.16 Å². The molecular weight excluding hydrogens is 582 g/mol. The Balaban J connectivity index is 1.20. The van der Waals surface area contributed by atoms with Gasteiger partial charge in [-0.15, -0.1) is 0 Å². The van der Waals surface area contributed by atoms with E-state index in [2.05, 4.69) is 15.1 Å². The minimum Gasteiger partial charge on any atom is -0.493 e. The first kappa shape index (κ1) is 31.6. The van der Waals surface area contributed by atoms with Gasteiger partial charge in [-0.1, -0.05) is 60.7 Å². The fourth-order valence-electron chi connectivity index (χ4n) is 4.79. The number of fused-ring (bicyclic) bond motifs is 3. The summed E-state index contributed by atoms with van der Waals surface area (Å²) in [5.41, 5.74) is 3.25. The van der Waals surface area contributed by atoms with E-state index < -0.39 is 12.3 Å². The molecule has 0 saturated carbocycles. The van der Waals surface area contributed by atoms with E-state index >= 15 is 0 Å². The Kier molecular flexibility index (Phi) is 11.0. The second-order valence-electron chi connectivity index (χ2n) is 9.99. The van der Waals surface area contributed by atoms with E-state index in [-0.39, 0.29) is 31.8 Å². The van der Waals surface area contributed by atoms with Crippen molar-refractivity contribution in [3.05, 3.63) is 102 Å². The van der Waals surface area contributed by atoms with Crippen LogP contribution in [0.5, 0.6) is 17.2 Å². The number of rotatable bonds is 16. The summed E-state index contributed by atoms with van der Waals surface area (Å²) in [5.74, 6) is 1.94. The molecule has 236 valence electrons. The largest absolute Gasteiger partial charge is 0.509 e. The molecule has 5 rings (SSSR count). The molecule has 1 aromatic heterocycles. The number of benzene rings is 4. The molecule has 0 aliphatic carbocycles. The summed E-state index contributed by atoms with van der Waals surface area (Å²) in [4.78, 5) is 20.8. The zero-order valence-electron chi connectivity index (χ0n) is 24.7. The Bertz CT molecular complexity index is 1690. The Morgan fingerprint density at radius 2 is 1.56 bits per heavy atom. The van der Waals surface area contributed by atoms with Crippen molar-refractivity contribution in [2.75, 3.05) is 33.4 Å². The zero-order valence-corrected chi connectivity index (χ0v) is 24.7. The average Bonchev–Trinajstić information content (AvgIpc) is 3.45. The monoisotopic (exact) mass is 617 g/mol. The summed E-state index contributed by atoms with van der Waals surface area (Å²) >= 11 is 0. The molecule has 0 amide bonds. The predicted molar refractivity (Wildman–Crippen MR) is 164 cm³/mol. The van der Waals surface area contributed by atoms with Crippen molar-refractivity contribution in [1.29, 1.82) is 0 Å². The molecule has 0 saturated heterocycles. The van der Waals surface area contributed by atoms with Crippen LogP contribution < -0.4 is 19.5 Å². The first-order valence-corrected chi connectivity index (χ1v) is 14.3. The van der Waals surface area contributed by atoms with Crippen LogP contribution in [0.2, 0.25) is 0 Å². The van der Waals surface area contributed by atoms with Gasteiger partial charge in [0, 0.05) is 29.4 Å². The van der Waals surface area contributed by atoms with E-state index in [0.717, 1.165) is 21.8 Å². The number of aromatic nitrogens is 1. The number of nitrogens with one attached hydrogen (secondary N) is 2. The number of methoxy groups -OCH3 is 1. The van der Waals surface area contributed by atoms with Crippen molar-refractivity contribution >= 4 is 28.0 Å². The van der Waals surface area contributed by atoms with Crippen LogP contribution in [0.15, 0.2) is 91.0 Å². The number of hydrogen-bond donors (Lipinski definition) is 4. The highest BCUT2D eigenvalue weighted by Crippen LogP contribution is 2.33. The molecule has 12 nitrogen and oxygen atoms in total. The zero-order chi connectivity index (χ0) is 31.4. The molecule has 1 heterocycles. The molecule has 0 bridgehead atoms. The second kappa shape index (κ2) is 15.7. The molecule has 4 N–H and O–H groups in total. The molecule has 4 aromatic carbocycles. The van der Waals surface area contributed by atoms with E-state index in [1.165, 1.54) is 0 Å². The summed E-state index contributed by atoms with van der Waals surface area (Å²) in [7, 11) is 1.59. The Morgan fingerprint density at radius 1 is 0.844 bits per heavy atom. The molecule has 0 radical (unpaired) electrons. The maximum absolute atomic E-state index is 12.8.